The van der Waals surface area contributed by atoms with Gasteiger partial charge in [-0.1, -0.05) is 30.0 Å². The van der Waals surface area contributed by atoms with Crippen LogP contribution in [0.25, 0.3) is 0 Å². The first-order valence-electron chi connectivity index (χ1n) is 10.8. The lowest BCUT2D eigenvalue weighted by Crippen LogP contribution is -2.73. The van der Waals surface area contributed by atoms with E-state index in [0.29, 0.717) is 12.5 Å². The molecule has 3 aliphatic rings. The van der Waals surface area contributed by atoms with Gasteiger partial charge in [0.05, 0.1) is 31.7 Å². The van der Waals surface area contributed by atoms with Gasteiger partial charge in [-0.3, -0.25) is 14.6 Å². The van der Waals surface area contributed by atoms with E-state index in [-0.39, 0.29) is 49.4 Å². The van der Waals surface area contributed by atoms with E-state index in [2.05, 4.69) is 16.8 Å². The average Bonchev–Trinajstić information content (AvgIpc) is 3.60. The first-order valence-corrected chi connectivity index (χ1v) is 10.8. The third-order valence-electron chi connectivity index (χ3n) is 6.48. The molecule has 2 saturated heterocycles. The molecule has 2 amide bonds. The fraction of sp³-hybridized carbons (Fsp3) is 0.400. The third-order valence-corrected chi connectivity index (χ3v) is 6.48. The van der Waals surface area contributed by atoms with Crippen molar-refractivity contribution in [3.05, 3.63) is 65.5 Å². The average molecular weight is 415 g/mol. The summed E-state index contributed by atoms with van der Waals surface area (Å²) in [7, 11) is 0. The minimum atomic E-state index is -0.239. The van der Waals surface area contributed by atoms with Crippen LogP contribution in [0.5, 0.6) is 0 Å². The SMILES string of the molecule is O=C(Cc1cccnc1)N1CC(=O)N2[C@H](C1)[C@@H](c1ccc(C#CC3CC3)cc1)[C@@H]2CO. The molecule has 2 aliphatic heterocycles. The Morgan fingerprint density at radius 1 is 1.19 bits per heavy atom. The molecule has 31 heavy (non-hydrogen) atoms. The smallest absolute Gasteiger partial charge is 0.242 e. The molecule has 6 nitrogen and oxygen atoms in total. The zero-order chi connectivity index (χ0) is 21.4. The second kappa shape index (κ2) is 8.16. The molecule has 0 spiro atoms. The number of pyridine rings is 1. The number of fused-ring (bicyclic) bond motifs is 1. The summed E-state index contributed by atoms with van der Waals surface area (Å²) >= 11 is 0. The number of aromatic nitrogens is 1. The van der Waals surface area contributed by atoms with Crippen LogP contribution in [0.2, 0.25) is 0 Å². The second-order valence-electron chi connectivity index (χ2n) is 8.62. The molecule has 1 aromatic heterocycles. The highest BCUT2D eigenvalue weighted by molar-refractivity contribution is 5.88. The van der Waals surface area contributed by atoms with Gasteiger partial charge in [-0.05, 0) is 42.2 Å². The van der Waals surface area contributed by atoms with E-state index in [0.717, 1.165) is 16.7 Å². The number of carbonyl (C=O) groups is 2. The van der Waals surface area contributed by atoms with E-state index < -0.39 is 0 Å². The number of hydrogen-bond acceptors (Lipinski definition) is 4. The predicted molar refractivity (Wildman–Crippen MR) is 115 cm³/mol. The van der Waals surface area contributed by atoms with E-state index in [1.165, 1.54) is 12.8 Å². The van der Waals surface area contributed by atoms with Gasteiger partial charge in [-0.2, -0.15) is 0 Å². The van der Waals surface area contributed by atoms with Gasteiger partial charge in [0.25, 0.3) is 0 Å². The zero-order valence-electron chi connectivity index (χ0n) is 17.3. The summed E-state index contributed by atoms with van der Waals surface area (Å²) in [6, 6.07) is 11.4. The highest BCUT2D eigenvalue weighted by Crippen LogP contribution is 2.43. The lowest BCUT2D eigenvalue weighted by atomic mass is 9.73. The Hall–Kier alpha value is -3.17. The first kappa shape index (κ1) is 19.8. The van der Waals surface area contributed by atoms with Crippen molar-refractivity contribution in [3.8, 4) is 11.8 Å². The summed E-state index contributed by atoms with van der Waals surface area (Å²) in [6.07, 6.45) is 5.99. The molecular weight excluding hydrogens is 390 g/mol. The highest BCUT2D eigenvalue weighted by Gasteiger charge is 2.54. The Morgan fingerprint density at radius 3 is 2.68 bits per heavy atom. The number of piperazine rings is 1. The molecule has 1 saturated carbocycles. The predicted octanol–water partition coefficient (Wildman–Crippen LogP) is 1.58. The van der Waals surface area contributed by atoms with E-state index in [1.807, 2.05) is 30.3 Å². The zero-order valence-corrected chi connectivity index (χ0v) is 17.3. The Labute approximate surface area is 181 Å². The van der Waals surface area contributed by atoms with Gasteiger partial charge in [0.2, 0.25) is 11.8 Å². The molecule has 1 aromatic carbocycles. The maximum Gasteiger partial charge on any atom is 0.242 e. The van der Waals surface area contributed by atoms with Crippen LogP contribution < -0.4 is 0 Å². The molecule has 1 N–H and O–H groups in total. The maximum atomic E-state index is 12.8. The Balaban J connectivity index is 1.31. The molecule has 2 aromatic rings. The molecule has 0 unspecified atom stereocenters. The number of aliphatic hydroxyl groups is 1. The monoisotopic (exact) mass is 415 g/mol. The Morgan fingerprint density at radius 2 is 2.00 bits per heavy atom. The van der Waals surface area contributed by atoms with Gasteiger partial charge in [0.1, 0.15) is 0 Å². The molecule has 3 heterocycles. The van der Waals surface area contributed by atoms with E-state index >= 15 is 0 Å². The molecule has 3 fully saturated rings. The minimum absolute atomic E-state index is 0.00776. The van der Waals surface area contributed by atoms with Gasteiger partial charge in [-0.15, -0.1) is 0 Å². The molecule has 5 rings (SSSR count). The number of aliphatic hydroxyl groups excluding tert-OH is 1. The Bertz CT molecular complexity index is 1040. The lowest BCUT2D eigenvalue weighted by molar-refractivity contribution is -0.166. The topological polar surface area (TPSA) is 73.7 Å². The molecular formula is C25H25N3O3. The van der Waals surface area contributed by atoms with Crippen LogP contribution in [0.4, 0.5) is 0 Å². The van der Waals surface area contributed by atoms with E-state index in [1.54, 1.807) is 28.3 Å². The largest absolute Gasteiger partial charge is 0.394 e. The van der Waals surface area contributed by atoms with Crippen LogP contribution in [0.15, 0.2) is 48.8 Å². The minimum Gasteiger partial charge on any atom is -0.394 e. The summed E-state index contributed by atoms with van der Waals surface area (Å²) in [5, 5.41) is 9.95. The van der Waals surface area contributed by atoms with Gasteiger partial charge >= 0.3 is 0 Å². The number of hydrogen-bond donors (Lipinski definition) is 1. The van der Waals surface area contributed by atoms with Crippen LogP contribution in [0.3, 0.4) is 0 Å². The fourth-order valence-electron chi connectivity index (χ4n) is 4.68. The molecule has 0 bridgehead atoms. The van der Waals surface area contributed by atoms with Crippen molar-refractivity contribution < 1.29 is 14.7 Å². The standard InChI is InChI=1S/C25H25N3O3/c29-16-22-25(20-9-7-18(8-10-20)6-5-17-3-4-17)21-14-27(15-24(31)28(21)22)23(30)12-19-2-1-11-26-13-19/h1-2,7-11,13,17,21-22,25,29H,3-4,12,14-16H2/t21-,22+,25-/m1/s1. The molecule has 6 heteroatoms. The van der Waals surface area contributed by atoms with Crippen LogP contribution in [0, 0.1) is 17.8 Å². The summed E-state index contributed by atoms with van der Waals surface area (Å²) in [5.74, 6) is 6.88. The van der Waals surface area contributed by atoms with Crippen molar-refractivity contribution in [1.29, 1.82) is 0 Å². The molecule has 158 valence electrons. The maximum absolute atomic E-state index is 12.8. The number of rotatable bonds is 4. The van der Waals surface area contributed by atoms with E-state index in [9.17, 15) is 14.7 Å². The van der Waals surface area contributed by atoms with Crippen molar-refractivity contribution >= 4 is 11.8 Å². The molecule has 3 atom stereocenters. The van der Waals surface area contributed by atoms with Gasteiger partial charge in [0, 0.05) is 36.3 Å². The van der Waals surface area contributed by atoms with Crippen LogP contribution >= 0.6 is 0 Å². The third kappa shape index (κ3) is 3.94. The van der Waals surface area contributed by atoms with Crippen molar-refractivity contribution in [2.45, 2.75) is 37.3 Å². The van der Waals surface area contributed by atoms with Crippen LogP contribution in [0.1, 0.15) is 35.4 Å². The lowest BCUT2D eigenvalue weighted by Gasteiger charge is -2.58. The quantitative estimate of drug-likeness (QED) is 0.770. The summed E-state index contributed by atoms with van der Waals surface area (Å²) in [5.41, 5.74) is 2.90. The van der Waals surface area contributed by atoms with Crippen molar-refractivity contribution in [2.24, 2.45) is 5.92 Å². The van der Waals surface area contributed by atoms with Crippen molar-refractivity contribution in [3.63, 3.8) is 0 Å². The van der Waals surface area contributed by atoms with Gasteiger partial charge in [0.15, 0.2) is 0 Å². The fourth-order valence-corrected chi connectivity index (χ4v) is 4.68. The molecule has 0 radical (unpaired) electrons. The van der Waals surface area contributed by atoms with E-state index in [4.69, 9.17) is 0 Å². The number of nitrogens with zero attached hydrogens (tertiary/aromatic N) is 3. The normalized spacial score (nSPS) is 24.7. The van der Waals surface area contributed by atoms with Crippen molar-refractivity contribution in [2.75, 3.05) is 19.7 Å². The molecule has 1 aliphatic carbocycles. The number of carbonyl (C=O) groups excluding carboxylic acids is 2. The Kier molecular flexibility index (Phi) is 5.21. The summed E-state index contributed by atoms with van der Waals surface area (Å²) in [4.78, 5) is 33.1. The highest BCUT2D eigenvalue weighted by atomic mass is 16.3. The number of benzene rings is 1. The van der Waals surface area contributed by atoms with Gasteiger partial charge in [-0.25, -0.2) is 0 Å². The van der Waals surface area contributed by atoms with Gasteiger partial charge < -0.3 is 14.9 Å². The number of amides is 2. The van der Waals surface area contributed by atoms with Crippen molar-refractivity contribution in [1.82, 2.24) is 14.8 Å². The second-order valence-corrected chi connectivity index (χ2v) is 8.62. The van der Waals surface area contributed by atoms with Crippen LogP contribution in [-0.4, -0.2) is 63.5 Å². The summed E-state index contributed by atoms with van der Waals surface area (Å²) in [6.45, 7) is 0.462. The van der Waals surface area contributed by atoms with Crippen LogP contribution in [-0.2, 0) is 16.0 Å². The first-order chi connectivity index (χ1) is 15.1. The summed E-state index contributed by atoms with van der Waals surface area (Å²) < 4.78 is 0.